The second-order valence-electron chi connectivity index (χ2n) is 3.64. The summed E-state index contributed by atoms with van der Waals surface area (Å²) in [7, 11) is 0. The molecule has 0 unspecified atom stereocenters. The molecule has 0 aliphatic heterocycles. The average Bonchev–Trinajstić information content (AvgIpc) is 2.24. The van der Waals surface area contributed by atoms with Crippen molar-refractivity contribution in [3.05, 3.63) is 56.4 Å². The highest BCUT2D eigenvalue weighted by atomic mass is 79.9. The molecule has 16 heavy (non-hydrogen) atoms. The van der Waals surface area contributed by atoms with Gasteiger partial charge in [0.05, 0.1) is 15.9 Å². The van der Waals surface area contributed by atoms with E-state index in [4.69, 9.17) is 0 Å². The Balaban J connectivity index is 2.75. The van der Waals surface area contributed by atoms with Gasteiger partial charge in [-0.15, -0.1) is 0 Å². The molecule has 0 bridgehead atoms. The van der Waals surface area contributed by atoms with Crippen LogP contribution >= 0.6 is 15.9 Å². The normalized spacial score (nSPS) is 10.4. The van der Waals surface area contributed by atoms with Gasteiger partial charge in [-0.25, -0.2) is 0 Å². The van der Waals surface area contributed by atoms with Crippen molar-refractivity contribution in [3.63, 3.8) is 0 Å². The zero-order valence-electron chi connectivity index (χ0n) is 9.07. The number of para-hydroxylation sites is 1. The molecule has 0 aliphatic carbocycles. The topological polar surface area (TPSA) is 34.9 Å². The lowest BCUT2D eigenvalue weighted by molar-refractivity contribution is 0.774. The van der Waals surface area contributed by atoms with Crippen LogP contribution in [0, 0.1) is 13.8 Å². The predicted octanol–water partition coefficient (Wildman–Crippen LogP) is 2.61. The molecule has 4 heteroatoms. The lowest BCUT2D eigenvalue weighted by Crippen LogP contribution is -2.23. The van der Waals surface area contributed by atoms with Crippen molar-refractivity contribution < 1.29 is 0 Å². The van der Waals surface area contributed by atoms with Crippen LogP contribution in [0.3, 0.4) is 0 Å². The zero-order chi connectivity index (χ0) is 11.7. The van der Waals surface area contributed by atoms with E-state index in [-0.39, 0.29) is 5.56 Å². The third-order valence-corrected chi connectivity index (χ3v) is 2.90. The van der Waals surface area contributed by atoms with Crippen LogP contribution in [0.1, 0.15) is 11.3 Å². The fourth-order valence-corrected chi connectivity index (χ4v) is 2.04. The number of nitrogens with zero attached hydrogens (tertiary/aromatic N) is 2. The van der Waals surface area contributed by atoms with Crippen LogP contribution in [-0.2, 0) is 0 Å². The lowest BCUT2D eigenvalue weighted by atomic mass is 10.2. The van der Waals surface area contributed by atoms with Crippen LogP contribution in [0.15, 0.2) is 39.6 Å². The Hall–Kier alpha value is -1.42. The minimum Gasteiger partial charge on any atom is -0.266 e. The lowest BCUT2D eigenvalue weighted by Gasteiger charge is -2.08. The fraction of sp³-hybridized carbons (Fsp3) is 0.167. The average molecular weight is 279 g/mol. The molecule has 0 N–H and O–H groups in total. The van der Waals surface area contributed by atoms with Gasteiger partial charge >= 0.3 is 0 Å². The molecule has 0 saturated heterocycles. The minimum atomic E-state index is -0.139. The summed E-state index contributed by atoms with van der Waals surface area (Å²) in [6.45, 7) is 3.82. The standard InChI is InChI=1S/C12H11BrN2O/c1-8-5-3-4-6-11(8)15-12(16)10(13)7-9(2)14-15/h3-7H,1-2H3. The highest BCUT2D eigenvalue weighted by Crippen LogP contribution is 2.12. The number of halogens is 1. The fourth-order valence-electron chi connectivity index (χ4n) is 1.54. The molecule has 82 valence electrons. The Labute approximate surface area is 102 Å². The molecular weight excluding hydrogens is 268 g/mol. The molecule has 0 radical (unpaired) electrons. The number of aryl methyl sites for hydroxylation is 2. The van der Waals surface area contributed by atoms with E-state index < -0.39 is 0 Å². The monoisotopic (exact) mass is 278 g/mol. The molecule has 0 atom stereocenters. The number of aromatic nitrogens is 2. The largest absolute Gasteiger partial charge is 0.285 e. The molecule has 0 spiro atoms. The van der Waals surface area contributed by atoms with E-state index in [2.05, 4.69) is 21.0 Å². The first-order valence-corrected chi connectivity index (χ1v) is 5.71. The first kappa shape index (κ1) is 11.1. The van der Waals surface area contributed by atoms with E-state index in [0.29, 0.717) is 4.47 Å². The maximum Gasteiger partial charge on any atom is 0.285 e. The van der Waals surface area contributed by atoms with Gasteiger partial charge in [0.25, 0.3) is 5.56 Å². The maximum absolute atomic E-state index is 11.9. The molecule has 0 amide bonds. The summed E-state index contributed by atoms with van der Waals surface area (Å²) in [4.78, 5) is 11.9. The predicted molar refractivity (Wildman–Crippen MR) is 67.0 cm³/mol. The van der Waals surface area contributed by atoms with Gasteiger partial charge in [-0.3, -0.25) is 4.79 Å². The van der Waals surface area contributed by atoms with Gasteiger partial charge in [-0.1, -0.05) is 18.2 Å². The zero-order valence-corrected chi connectivity index (χ0v) is 10.7. The van der Waals surface area contributed by atoms with Crippen LogP contribution in [-0.4, -0.2) is 9.78 Å². The van der Waals surface area contributed by atoms with Crippen LogP contribution in [0.5, 0.6) is 0 Å². The van der Waals surface area contributed by atoms with Gasteiger partial charge in [-0.2, -0.15) is 9.78 Å². The number of hydrogen-bond donors (Lipinski definition) is 0. The molecule has 0 aliphatic rings. The van der Waals surface area contributed by atoms with Gasteiger partial charge in [0.15, 0.2) is 0 Å². The smallest absolute Gasteiger partial charge is 0.266 e. The highest BCUT2D eigenvalue weighted by molar-refractivity contribution is 9.10. The van der Waals surface area contributed by atoms with Crippen molar-refractivity contribution in [2.75, 3.05) is 0 Å². The summed E-state index contributed by atoms with van der Waals surface area (Å²) >= 11 is 3.25. The summed E-state index contributed by atoms with van der Waals surface area (Å²) in [5, 5.41) is 4.24. The summed E-state index contributed by atoms with van der Waals surface area (Å²) in [5.41, 5.74) is 2.50. The van der Waals surface area contributed by atoms with Gasteiger partial charge in [0, 0.05) is 0 Å². The van der Waals surface area contributed by atoms with Crippen LogP contribution in [0.25, 0.3) is 5.69 Å². The maximum atomic E-state index is 11.9. The Kier molecular flexibility index (Phi) is 2.92. The van der Waals surface area contributed by atoms with Crippen molar-refractivity contribution >= 4 is 15.9 Å². The number of rotatable bonds is 1. The molecule has 3 nitrogen and oxygen atoms in total. The van der Waals surface area contributed by atoms with E-state index in [1.165, 1.54) is 4.68 Å². The Morgan fingerprint density at radius 3 is 2.62 bits per heavy atom. The minimum absolute atomic E-state index is 0.139. The molecular formula is C12H11BrN2O. The van der Waals surface area contributed by atoms with E-state index in [1.54, 1.807) is 6.07 Å². The summed E-state index contributed by atoms with van der Waals surface area (Å²) in [6, 6.07) is 9.40. The quantitative estimate of drug-likeness (QED) is 0.804. The summed E-state index contributed by atoms with van der Waals surface area (Å²) in [6.07, 6.45) is 0. The Bertz CT molecular complexity index is 590. The third-order valence-electron chi connectivity index (χ3n) is 2.33. The van der Waals surface area contributed by atoms with Gasteiger partial charge in [0.1, 0.15) is 0 Å². The second kappa shape index (κ2) is 4.22. The molecule has 0 fully saturated rings. The van der Waals surface area contributed by atoms with Crippen molar-refractivity contribution in [3.8, 4) is 5.69 Å². The van der Waals surface area contributed by atoms with Crippen molar-refractivity contribution in [1.82, 2.24) is 9.78 Å². The highest BCUT2D eigenvalue weighted by Gasteiger charge is 2.07. The van der Waals surface area contributed by atoms with Gasteiger partial charge in [-0.05, 0) is 47.5 Å². The van der Waals surface area contributed by atoms with Crippen LogP contribution in [0.2, 0.25) is 0 Å². The van der Waals surface area contributed by atoms with E-state index in [1.807, 2.05) is 38.1 Å². The summed E-state index contributed by atoms with van der Waals surface area (Å²) in [5.74, 6) is 0. The molecule has 2 rings (SSSR count). The van der Waals surface area contributed by atoms with E-state index in [9.17, 15) is 4.79 Å². The van der Waals surface area contributed by atoms with Crippen molar-refractivity contribution in [2.45, 2.75) is 13.8 Å². The Morgan fingerprint density at radius 2 is 1.94 bits per heavy atom. The second-order valence-corrected chi connectivity index (χ2v) is 4.49. The third kappa shape index (κ3) is 1.93. The molecule has 1 aromatic carbocycles. The van der Waals surface area contributed by atoms with Gasteiger partial charge < -0.3 is 0 Å². The first-order valence-electron chi connectivity index (χ1n) is 4.92. The molecule has 0 saturated carbocycles. The van der Waals surface area contributed by atoms with E-state index in [0.717, 1.165) is 16.9 Å². The number of benzene rings is 1. The first-order chi connectivity index (χ1) is 7.59. The Morgan fingerprint density at radius 1 is 1.25 bits per heavy atom. The van der Waals surface area contributed by atoms with E-state index >= 15 is 0 Å². The van der Waals surface area contributed by atoms with Gasteiger partial charge in [0.2, 0.25) is 0 Å². The number of hydrogen-bond acceptors (Lipinski definition) is 2. The SMILES string of the molecule is Cc1cc(Br)c(=O)n(-c2ccccc2C)n1. The van der Waals surface area contributed by atoms with Crippen LogP contribution in [0.4, 0.5) is 0 Å². The molecule has 2 aromatic rings. The molecule has 1 aromatic heterocycles. The van der Waals surface area contributed by atoms with Crippen molar-refractivity contribution in [1.29, 1.82) is 0 Å². The van der Waals surface area contributed by atoms with Crippen LogP contribution < -0.4 is 5.56 Å². The van der Waals surface area contributed by atoms with Crippen molar-refractivity contribution in [2.24, 2.45) is 0 Å². The molecule has 1 heterocycles. The summed E-state index contributed by atoms with van der Waals surface area (Å²) < 4.78 is 1.96.